The van der Waals surface area contributed by atoms with Gasteiger partial charge in [-0.05, 0) is 50.4 Å². The summed E-state index contributed by atoms with van der Waals surface area (Å²) in [4.78, 5) is 0. The first-order valence-corrected chi connectivity index (χ1v) is 8.17. The molecule has 0 amide bonds. The lowest BCUT2D eigenvalue weighted by atomic mass is 9.68. The molecule has 2 unspecified atom stereocenters. The molecule has 19 heavy (non-hydrogen) atoms. The molecule has 114 valence electrons. The van der Waals surface area contributed by atoms with Crippen LogP contribution in [-0.4, -0.2) is 23.4 Å². The van der Waals surface area contributed by atoms with Gasteiger partial charge in [-0.25, -0.2) is 0 Å². The minimum atomic E-state index is -0.301. The van der Waals surface area contributed by atoms with Crippen LogP contribution in [0.1, 0.15) is 79.6 Å². The number of aliphatic hydroxyl groups excluding tert-OH is 1. The third kappa shape index (κ3) is 4.75. The Labute approximate surface area is 119 Å². The molecule has 1 rings (SSSR count). The highest BCUT2D eigenvalue weighted by Gasteiger charge is 2.44. The molecule has 1 aliphatic rings. The third-order valence-corrected chi connectivity index (χ3v) is 4.90. The van der Waals surface area contributed by atoms with Crippen LogP contribution in [0.25, 0.3) is 0 Å². The van der Waals surface area contributed by atoms with Gasteiger partial charge < -0.3 is 9.84 Å². The summed E-state index contributed by atoms with van der Waals surface area (Å²) in [6.45, 7) is 11.9. The Balaban J connectivity index is 2.65. The van der Waals surface area contributed by atoms with Crippen molar-refractivity contribution in [3.05, 3.63) is 0 Å². The van der Waals surface area contributed by atoms with E-state index in [1.54, 1.807) is 0 Å². The first-order valence-electron chi connectivity index (χ1n) is 8.17. The fourth-order valence-corrected chi connectivity index (χ4v) is 3.42. The van der Waals surface area contributed by atoms with Gasteiger partial charge >= 0.3 is 0 Å². The number of hydrogen-bond donors (Lipinski definition) is 1. The SMILES string of the molecule is CCCC(C)CC(O)C1(OCC)CCC(C)(C)CC1. The maximum absolute atomic E-state index is 10.7. The topological polar surface area (TPSA) is 29.5 Å². The second-order valence-corrected chi connectivity index (χ2v) is 7.31. The highest BCUT2D eigenvalue weighted by atomic mass is 16.5. The predicted molar refractivity (Wildman–Crippen MR) is 81.3 cm³/mol. The average Bonchev–Trinajstić information content (AvgIpc) is 2.32. The molecule has 0 aromatic carbocycles. The molecule has 0 saturated heterocycles. The molecule has 1 N–H and O–H groups in total. The molecular formula is C17H34O2. The highest BCUT2D eigenvalue weighted by molar-refractivity contribution is 4.96. The molecule has 2 atom stereocenters. The normalized spacial score (nSPS) is 24.9. The maximum Gasteiger partial charge on any atom is 0.0940 e. The Bertz CT molecular complexity index is 250. The largest absolute Gasteiger partial charge is 0.390 e. The van der Waals surface area contributed by atoms with E-state index in [0.717, 1.165) is 32.1 Å². The molecular weight excluding hydrogens is 236 g/mol. The Kier molecular flexibility index (Phi) is 6.32. The van der Waals surface area contributed by atoms with Crippen LogP contribution in [0.5, 0.6) is 0 Å². The van der Waals surface area contributed by atoms with E-state index >= 15 is 0 Å². The van der Waals surface area contributed by atoms with Crippen molar-refractivity contribution in [3.8, 4) is 0 Å². The molecule has 0 aromatic heterocycles. The lowest BCUT2D eigenvalue weighted by Gasteiger charge is -2.46. The zero-order valence-electron chi connectivity index (χ0n) is 13.7. The van der Waals surface area contributed by atoms with E-state index in [4.69, 9.17) is 4.74 Å². The molecule has 0 bridgehead atoms. The van der Waals surface area contributed by atoms with Gasteiger partial charge in [0, 0.05) is 6.61 Å². The van der Waals surface area contributed by atoms with Crippen molar-refractivity contribution >= 4 is 0 Å². The summed E-state index contributed by atoms with van der Waals surface area (Å²) >= 11 is 0. The van der Waals surface area contributed by atoms with Gasteiger partial charge in [-0.1, -0.05) is 40.5 Å². The predicted octanol–water partition coefficient (Wildman–Crippen LogP) is 4.55. The minimum Gasteiger partial charge on any atom is -0.390 e. The molecule has 1 saturated carbocycles. The summed E-state index contributed by atoms with van der Waals surface area (Å²) in [5, 5.41) is 10.7. The second-order valence-electron chi connectivity index (χ2n) is 7.31. The van der Waals surface area contributed by atoms with Crippen molar-refractivity contribution in [3.63, 3.8) is 0 Å². The van der Waals surface area contributed by atoms with Gasteiger partial charge in [-0.3, -0.25) is 0 Å². The van der Waals surface area contributed by atoms with E-state index < -0.39 is 0 Å². The van der Waals surface area contributed by atoms with Crippen LogP contribution in [0.3, 0.4) is 0 Å². The van der Waals surface area contributed by atoms with Crippen LogP contribution in [0, 0.1) is 11.3 Å². The Hall–Kier alpha value is -0.0800. The molecule has 1 fully saturated rings. The van der Waals surface area contributed by atoms with Crippen molar-refractivity contribution < 1.29 is 9.84 Å². The van der Waals surface area contributed by atoms with Crippen LogP contribution in [0.4, 0.5) is 0 Å². The summed E-state index contributed by atoms with van der Waals surface area (Å²) in [5.41, 5.74) is 0.141. The summed E-state index contributed by atoms with van der Waals surface area (Å²) in [6, 6.07) is 0. The Morgan fingerprint density at radius 3 is 2.16 bits per heavy atom. The number of ether oxygens (including phenoxy) is 1. The van der Waals surface area contributed by atoms with Crippen LogP contribution >= 0.6 is 0 Å². The standard InChI is InChI=1S/C17H34O2/c1-6-8-14(3)13-15(18)17(19-7-2)11-9-16(4,5)10-12-17/h14-15,18H,6-13H2,1-5H3. The van der Waals surface area contributed by atoms with Crippen molar-refractivity contribution in [2.24, 2.45) is 11.3 Å². The van der Waals surface area contributed by atoms with Gasteiger partial charge in [-0.2, -0.15) is 0 Å². The summed E-state index contributed by atoms with van der Waals surface area (Å²) < 4.78 is 6.05. The van der Waals surface area contributed by atoms with E-state index in [1.807, 2.05) is 6.92 Å². The van der Waals surface area contributed by atoms with Gasteiger partial charge in [0.2, 0.25) is 0 Å². The first kappa shape index (κ1) is 17.0. The van der Waals surface area contributed by atoms with Gasteiger partial charge in [0.05, 0.1) is 11.7 Å². The maximum atomic E-state index is 10.7. The van der Waals surface area contributed by atoms with Crippen molar-refractivity contribution in [2.45, 2.75) is 91.3 Å². The molecule has 2 nitrogen and oxygen atoms in total. The molecule has 0 spiro atoms. The lowest BCUT2D eigenvalue weighted by molar-refractivity contribution is -0.156. The lowest BCUT2D eigenvalue weighted by Crippen LogP contribution is -2.49. The van der Waals surface area contributed by atoms with E-state index in [2.05, 4.69) is 27.7 Å². The quantitative estimate of drug-likeness (QED) is 0.735. The number of rotatable bonds is 7. The van der Waals surface area contributed by atoms with Crippen molar-refractivity contribution in [1.29, 1.82) is 0 Å². The number of hydrogen-bond acceptors (Lipinski definition) is 2. The fourth-order valence-electron chi connectivity index (χ4n) is 3.42. The van der Waals surface area contributed by atoms with Crippen molar-refractivity contribution in [2.75, 3.05) is 6.61 Å². The zero-order valence-corrected chi connectivity index (χ0v) is 13.7. The Morgan fingerprint density at radius 1 is 1.11 bits per heavy atom. The Morgan fingerprint density at radius 2 is 1.68 bits per heavy atom. The monoisotopic (exact) mass is 270 g/mol. The van der Waals surface area contributed by atoms with E-state index in [-0.39, 0.29) is 11.7 Å². The number of aliphatic hydroxyl groups is 1. The average molecular weight is 270 g/mol. The summed E-state index contributed by atoms with van der Waals surface area (Å²) in [5.74, 6) is 0.590. The summed E-state index contributed by atoms with van der Waals surface area (Å²) in [7, 11) is 0. The summed E-state index contributed by atoms with van der Waals surface area (Å²) in [6.07, 6.45) is 7.31. The molecule has 0 aromatic rings. The van der Waals surface area contributed by atoms with E-state index in [1.165, 1.54) is 12.8 Å². The molecule has 0 radical (unpaired) electrons. The third-order valence-electron chi connectivity index (χ3n) is 4.90. The zero-order chi connectivity index (χ0) is 14.5. The smallest absolute Gasteiger partial charge is 0.0940 e. The van der Waals surface area contributed by atoms with Gasteiger partial charge in [0.15, 0.2) is 0 Å². The van der Waals surface area contributed by atoms with Crippen molar-refractivity contribution in [1.82, 2.24) is 0 Å². The molecule has 0 aliphatic heterocycles. The molecule has 1 aliphatic carbocycles. The van der Waals surface area contributed by atoms with Crippen LogP contribution in [0.15, 0.2) is 0 Å². The molecule has 2 heteroatoms. The first-order chi connectivity index (χ1) is 8.85. The minimum absolute atomic E-state index is 0.272. The van der Waals surface area contributed by atoms with E-state index in [9.17, 15) is 5.11 Å². The van der Waals surface area contributed by atoms with Crippen LogP contribution in [0.2, 0.25) is 0 Å². The van der Waals surface area contributed by atoms with Gasteiger partial charge in [0.25, 0.3) is 0 Å². The fraction of sp³-hybridized carbons (Fsp3) is 1.00. The van der Waals surface area contributed by atoms with E-state index in [0.29, 0.717) is 17.9 Å². The second kappa shape index (κ2) is 7.08. The van der Waals surface area contributed by atoms with Crippen LogP contribution in [-0.2, 0) is 4.74 Å². The van der Waals surface area contributed by atoms with Gasteiger partial charge in [-0.15, -0.1) is 0 Å². The van der Waals surface area contributed by atoms with Gasteiger partial charge in [0.1, 0.15) is 0 Å². The molecule has 0 heterocycles. The highest BCUT2D eigenvalue weighted by Crippen LogP contribution is 2.44. The van der Waals surface area contributed by atoms with Crippen LogP contribution < -0.4 is 0 Å².